The molecule has 0 aliphatic carbocycles. The number of piperazine rings is 1. The van der Waals surface area contributed by atoms with E-state index in [0.717, 1.165) is 18.4 Å². The zero-order chi connectivity index (χ0) is 20.8. The third-order valence-corrected chi connectivity index (χ3v) is 5.83. The third kappa shape index (κ3) is 5.39. The number of hydrogen-bond acceptors (Lipinski definition) is 6. The summed E-state index contributed by atoms with van der Waals surface area (Å²) in [5.41, 5.74) is 0.970. The first-order valence-electron chi connectivity index (χ1n) is 10.2. The van der Waals surface area contributed by atoms with Gasteiger partial charge in [0, 0.05) is 45.4 Å². The maximum Gasteiger partial charge on any atom is 0.237 e. The highest BCUT2D eigenvalue weighted by Crippen LogP contribution is 2.25. The number of nitrogens with one attached hydrogen (secondary N) is 1. The second-order valence-corrected chi connectivity index (χ2v) is 7.71. The van der Waals surface area contributed by atoms with Crippen LogP contribution < -0.4 is 14.8 Å². The van der Waals surface area contributed by atoms with Crippen LogP contribution in [0.2, 0.25) is 0 Å². The molecule has 0 radical (unpaired) electrons. The van der Waals surface area contributed by atoms with Crippen LogP contribution in [0.5, 0.6) is 11.5 Å². The number of methoxy groups -OCH3 is 2. The highest BCUT2D eigenvalue weighted by Gasteiger charge is 2.34. The number of rotatable bonds is 7. The fourth-order valence-electron chi connectivity index (χ4n) is 4.02. The molecule has 2 N–H and O–H groups in total. The Morgan fingerprint density at radius 3 is 2.38 bits per heavy atom. The van der Waals surface area contributed by atoms with Crippen molar-refractivity contribution in [3.63, 3.8) is 0 Å². The Morgan fingerprint density at radius 2 is 1.79 bits per heavy atom. The molecule has 2 amide bonds. The van der Waals surface area contributed by atoms with Crippen molar-refractivity contribution in [3.05, 3.63) is 23.8 Å². The van der Waals surface area contributed by atoms with E-state index in [1.807, 2.05) is 28.0 Å². The van der Waals surface area contributed by atoms with E-state index in [1.54, 1.807) is 14.2 Å². The van der Waals surface area contributed by atoms with E-state index >= 15 is 0 Å². The highest BCUT2D eigenvalue weighted by atomic mass is 16.5. The molecule has 29 heavy (non-hydrogen) atoms. The Labute approximate surface area is 171 Å². The first kappa shape index (κ1) is 21.4. The predicted molar refractivity (Wildman–Crippen MR) is 108 cm³/mol. The summed E-state index contributed by atoms with van der Waals surface area (Å²) in [6.07, 6.45) is 1.79. The molecule has 1 unspecified atom stereocenters. The molecular weight excluding hydrogens is 374 g/mol. The molecule has 2 fully saturated rings. The van der Waals surface area contributed by atoms with E-state index in [2.05, 4.69) is 5.32 Å². The van der Waals surface area contributed by atoms with Gasteiger partial charge in [-0.2, -0.15) is 0 Å². The Kier molecular flexibility index (Phi) is 7.33. The van der Waals surface area contributed by atoms with E-state index in [-0.39, 0.29) is 30.8 Å². The summed E-state index contributed by atoms with van der Waals surface area (Å²) < 4.78 is 10.7. The Morgan fingerprint density at radius 1 is 1.14 bits per heavy atom. The van der Waals surface area contributed by atoms with Gasteiger partial charge in [0.05, 0.1) is 26.7 Å². The molecule has 2 aliphatic rings. The molecule has 0 aromatic heterocycles. The van der Waals surface area contributed by atoms with Crippen molar-refractivity contribution < 1.29 is 24.2 Å². The number of nitrogens with zero attached hydrogens (tertiary/aromatic N) is 2. The van der Waals surface area contributed by atoms with Crippen LogP contribution in [0.4, 0.5) is 0 Å². The van der Waals surface area contributed by atoms with E-state index in [4.69, 9.17) is 9.47 Å². The van der Waals surface area contributed by atoms with Gasteiger partial charge >= 0.3 is 0 Å². The third-order valence-electron chi connectivity index (χ3n) is 5.83. The number of benzene rings is 1. The number of likely N-dealkylation sites (tertiary alicyclic amines) is 1. The largest absolute Gasteiger partial charge is 0.497 e. The second-order valence-electron chi connectivity index (χ2n) is 7.71. The van der Waals surface area contributed by atoms with Gasteiger partial charge in [0.25, 0.3) is 0 Å². The minimum absolute atomic E-state index is 0.00309. The molecule has 1 aromatic rings. The van der Waals surface area contributed by atoms with E-state index < -0.39 is 6.04 Å². The summed E-state index contributed by atoms with van der Waals surface area (Å²) in [4.78, 5) is 29.2. The van der Waals surface area contributed by atoms with Crippen LogP contribution >= 0.6 is 0 Å². The monoisotopic (exact) mass is 405 g/mol. The Bertz CT molecular complexity index is 696. The van der Waals surface area contributed by atoms with Gasteiger partial charge in [-0.25, -0.2) is 0 Å². The quantitative estimate of drug-likeness (QED) is 0.691. The highest BCUT2D eigenvalue weighted by molar-refractivity contribution is 5.88. The topological polar surface area (TPSA) is 91.3 Å². The number of aliphatic hydroxyl groups is 1. The van der Waals surface area contributed by atoms with Gasteiger partial charge in [-0.15, -0.1) is 0 Å². The lowest BCUT2D eigenvalue weighted by Gasteiger charge is -2.37. The summed E-state index contributed by atoms with van der Waals surface area (Å²) in [6, 6.07) is 5.16. The summed E-state index contributed by atoms with van der Waals surface area (Å²) in [6.45, 7) is 3.23. The molecule has 0 saturated carbocycles. The molecule has 0 bridgehead atoms. The van der Waals surface area contributed by atoms with Gasteiger partial charge in [0.15, 0.2) is 0 Å². The van der Waals surface area contributed by atoms with Crippen molar-refractivity contribution in [2.45, 2.75) is 31.8 Å². The maximum absolute atomic E-state index is 12.8. The van der Waals surface area contributed by atoms with Crippen molar-refractivity contribution in [1.82, 2.24) is 15.1 Å². The second kappa shape index (κ2) is 9.93. The van der Waals surface area contributed by atoms with Gasteiger partial charge in [-0.3, -0.25) is 14.5 Å². The molecule has 8 heteroatoms. The van der Waals surface area contributed by atoms with E-state index in [9.17, 15) is 14.7 Å². The normalized spacial score (nSPS) is 21.0. The molecule has 1 atom stereocenters. The average molecular weight is 405 g/mol. The molecule has 3 rings (SSSR count). The SMILES string of the molecule is COc1cc(CN2CCNC(=O)C2CC(=O)N2CCC(CO)CC2)cc(OC)c1. The number of hydrogen-bond donors (Lipinski definition) is 2. The molecule has 2 heterocycles. The smallest absolute Gasteiger partial charge is 0.237 e. The zero-order valence-electron chi connectivity index (χ0n) is 17.2. The standard InChI is InChI=1S/C21H31N3O5/c1-28-17-9-16(10-18(11-17)29-2)13-24-8-5-22-21(27)19(24)12-20(26)23-6-3-15(14-25)4-7-23/h9-11,15,19,25H,3-8,12-14H2,1-2H3,(H,22,27). The summed E-state index contributed by atoms with van der Waals surface area (Å²) in [7, 11) is 3.21. The molecular formula is C21H31N3O5. The number of piperidine rings is 1. The number of ether oxygens (including phenoxy) is 2. The van der Waals surface area contributed by atoms with Crippen molar-refractivity contribution in [2.75, 3.05) is 47.0 Å². The average Bonchev–Trinajstić information content (AvgIpc) is 2.75. The van der Waals surface area contributed by atoms with E-state index in [0.29, 0.717) is 44.2 Å². The van der Waals surface area contributed by atoms with Crippen LogP contribution in [0.1, 0.15) is 24.8 Å². The molecule has 2 saturated heterocycles. The van der Waals surface area contributed by atoms with Crippen molar-refractivity contribution in [1.29, 1.82) is 0 Å². The fraction of sp³-hybridized carbons (Fsp3) is 0.619. The van der Waals surface area contributed by atoms with Crippen molar-refractivity contribution in [3.8, 4) is 11.5 Å². The van der Waals surface area contributed by atoms with Crippen molar-refractivity contribution >= 4 is 11.8 Å². The lowest BCUT2D eigenvalue weighted by molar-refractivity contribution is -0.140. The lowest BCUT2D eigenvalue weighted by atomic mass is 9.97. The molecule has 1 aromatic carbocycles. The minimum atomic E-state index is -0.496. The van der Waals surface area contributed by atoms with Crippen LogP contribution in [0.3, 0.4) is 0 Å². The first-order chi connectivity index (χ1) is 14.0. The Hall–Kier alpha value is -2.32. The van der Waals surface area contributed by atoms with Crippen LogP contribution in [0, 0.1) is 5.92 Å². The van der Waals surface area contributed by atoms with Crippen LogP contribution in [0.25, 0.3) is 0 Å². The minimum Gasteiger partial charge on any atom is -0.497 e. The number of aliphatic hydroxyl groups excluding tert-OH is 1. The van der Waals surface area contributed by atoms with Crippen LogP contribution in [-0.2, 0) is 16.1 Å². The predicted octanol–water partition coefficient (Wildman–Crippen LogP) is 0.625. The van der Waals surface area contributed by atoms with Gasteiger partial charge in [0.2, 0.25) is 11.8 Å². The first-order valence-corrected chi connectivity index (χ1v) is 10.2. The van der Waals surface area contributed by atoms with Crippen LogP contribution in [0.15, 0.2) is 18.2 Å². The summed E-state index contributed by atoms with van der Waals surface area (Å²) in [5, 5.41) is 12.2. The van der Waals surface area contributed by atoms with Gasteiger partial charge in [-0.05, 0) is 36.5 Å². The molecule has 2 aliphatic heterocycles. The summed E-state index contributed by atoms with van der Waals surface area (Å²) >= 11 is 0. The number of carbonyl (C=O) groups excluding carboxylic acids is 2. The summed E-state index contributed by atoms with van der Waals surface area (Å²) in [5.74, 6) is 1.55. The molecule has 8 nitrogen and oxygen atoms in total. The van der Waals surface area contributed by atoms with Crippen molar-refractivity contribution in [2.24, 2.45) is 5.92 Å². The van der Waals surface area contributed by atoms with Crippen LogP contribution in [-0.4, -0.2) is 79.8 Å². The lowest BCUT2D eigenvalue weighted by Crippen LogP contribution is -2.56. The molecule has 0 spiro atoms. The van der Waals surface area contributed by atoms with Gasteiger partial charge in [-0.1, -0.05) is 0 Å². The fourth-order valence-corrected chi connectivity index (χ4v) is 4.02. The maximum atomic E-state index is 12.8. The zero-order valence-corrected chi connectivity index (χ0v) is 17.2. The number of amides is 2. The Balaban J connectivity index is 1.68. The van der Waals surface area contributed by atoms with Gasteiger partial charge < -0.3 is 24.8 Å². The number of carbonyl (C=O) groups is 2. The molecule has 160 valence electrons. The van der Waals surface area contributed by atoms with Gasteiger partial charge in [0.1, 0.15) is 11.5 Å². The van der Waals surface area contributed by atoms with E-state index in [1.165, 1.54) is 0 Å².